The number of carbonyl (C=O) groups excluding carboxylic acids is 2. The Bertz CT molecular complexity index is 1150. The molecule has 0 aliphatic rings. The topological polar surface area (TPSA) is 95.9 Å². The third-order valence-corrected chi connectivity index (χ3v) is 14.7. The summed E-state index contributed by atoms with van der Waals surface area (Å²) in [6, 6.07) is -0.546. The molecule has 0 aromatic rings. The zero-order chi connectivity index (χ0) is 51.4. The lowest BCUT2D eigenvalue weighted by molar-refractivity contribution is -0.143. The third kappa shape index (κ3) is 57.2. The van der Waals surface area contributed by atoms with Crippen molar-refractivity contribution in [3.63, 3.8) is 0 Å². The molecule has 3 N–H and O–H groups in total. The minimum Gasteiger partial charge on any atom is -0.466 e. The first-order valence-corrected chi connectivity index (χ1v) is 31.7. The minimum absolute atomic E-state index is 0.00170. The number of hydrogen-bond donors (Lipinski definition) is 3. The molecule has 0 aliphatic carbocycles. The van der Waals surface area contributed by atoms with Crippen LogP contribution in [0, 0.1) is 0 Å². The molecule has 418 valence electrons. The molecule has 0 saturated carbocycles. The molecular weight excluding hydrogens is 875 g/mol. The van der Waals surface area contributed by atoms with Crippen molar-refractivity contribution in [3.05, 3.63) is 36.5 Å². The van der Waals surface area contributed by atoms with Crippen LogP contribution in [-0.4, -0.2) is 47.4 Å². The van der Waals surface area contributed by atoms with Gasteiger partial charge in [-0.15, -0.1) is 0 Å². The fourth-order valence-electron chi connectivity index (χ4n) is 9.78. The first-order valence-electron chi connectivity index (χ1n) is 31.7. The van der Waals surface area contributed by atoms with Crippen molar-refractivity contribution in [2.45, 2.75) is 353 Å². The maximum absolute atomic E-state index is 12.5. The van der Waals surface area contributed by atoms with Crippen molar-refractivity contribution in [1.29, 1.82) is 0 Å². The zero-order valence-electron chi connectivity index (χ0n) is 47.7. The van der Waals surface area contributed by atoms with E-state index in [4.69, 9.17) is 4.74 Å². The van der Waals surface area contributed by atoms with Crippen LogP contribution in [-0.2, 0) is 14.3 Å². The average Bonchev–Trinajstić information content (AvgIpc) is 3.37. The minimum atomic E-state index is -0.668. The molecule has 2 atom stereocenters. The Hall–Kier alpha value is -1.92. The van der Waals surface area contributed by atoms with Crippen molar-refractivity contribution >= 4 is 11.9 Å². The molecule has 6 nitrogen and oxygen atoms in total. The van der Waals surface area contributed by atoms with Gasteiger partial charge < -0.3 is 20.3 Å². The second kappa shape index (κ2) is 60.6. The van der Waals surface area contributed by atoms with Gasteiger partial charge in [0.1, 0.15) is 0 Å². The van der Waals surface area contributed by atoms with Gasteiger partial charge in [-0.1, -0.05) is 281 Å². The zero-order valence-corrected chi connectivity index (χ0v) is 47.7. The van der Waals surface area contributed by atoms with E-state index in [1.807, 2.05) is 0 Å². The fourth-order valence-corrected chi connectivity index (χ4v) is 9.78. The summed E-state index contributed by atoms with van der Waals surface area (Å²) >= 11 is 0. The van der Waals surface area contributed by atoms with Crippen LogP contribution < -0.4 is 5.32 Å². The Kier molecular flexibility index (Phi) is 59.0. The Morgan fingerprint density at radius 3 is 1.08 bits per heavy atom. The van der Waals surface area contributed by atoms with Gasteiger partial charge in [0.25, 0.3) is 0 Å². The van der Waals surface area contributed by atoms with Gasteiger partial charge in [0, 0.05) is 12.8 Å². The molecule has 6 heteroatoms. The largest absolute Gasteiger partial charge is 0.466 e. The predicted octanol–water partition coefficient (Wildman–Crippen LogP) is 20.0. The summed E-state index contributed by atoms with van der Waals surface area (Å²) in [5.41, 5.74) is 0. The van der Waals surface area contributed by atoms with Gasteiger partial charge in [0.2, 0.25) is 5.91 Å². The molecule has 0 rings (SSSR count). The van der Waals surface area contributed by atoms with E-state index in [0.29, 0.717) is 25.9 Å². The quantitative estimate of drug-likeness (QED) is 0.0321. The summed E-state index contributed by atoms with van der Waals surface area (Å²) in [5.74, 6) is -0.0389. The Morgan fingerprint density at radius 1 is 0.394 bits per heavy atom. The van der Waals surface area contributed by atoms with Crippen LogP contribution in [0.3, 0.4) is 0 Å². The average molecular weight is 999 g/mol. The molecule has 0 aromatic carbocycles. The van der Waals surface area contributed by atoms with Crippen molar-refractivity contribution in [1.82, 2.24) is 5.32 Å². The molecule has 0 aliphatic heterocycles. The van der Waals surface area contributed by atoms with Crippen LogP contribution in [0.4, 0.5) is 0 Å². The number of aliphatic hydroxyl groups excluding tert-OH is 2. The third-order valence-electron chi connectivity index (χ3n) is 14.7. The van der Waals surface area contributed by atoms with E-state index in [1.165, 1.54) is 257 Å². The van der Waals surface area contributed by atoms with E-state index in [9.17, 15) is 19.8 Å². The molecule has 2 unspecified atom stereocenters. The molecule has 1 amide bonds. The molecule has 0 fully saturated rings. The molecule has 0 bridgehead atoms. The van der Waals surface area contributed by atoms with Gasteiger partial charge in [-0.05, 0) is 83.5 Å². The summed E-state index contributed by atoms with van der Waals surface area (Å²) in [7, 11) is 0. The van der Waals surface area contributed by atoms with Crippen molar-refractivity contribution in [3.8, 4) is 0 Å². The van der Waals surface area contributed by atoms with E-state index < -0.39 is 12.1 Å². The molecule has 0 aromatic heterocycles. The van der Waals surface area contributed by atoms with Crippen LogP contribution in [0.2, 0.25) is 0 Å². The lowest BCUT2D eigenvalue weighted by Gasteiger charge is -2.22. The maximum atomic E-state index is 12.5. The smallest absolute Gasteiger partial charge is 0.305 e. The molecule has 0 radical (unpaired) electrons. The van der Waals surface area contributed by atoms with E-state index in [0.717, 1.165) is 51.4 Å². The number of rotatable bonds is 59. The number of allylic oxidation sites excluding steroid dienone is 6. The van der Waals surface area contributed by atoms with Crippen LogP contribution in [0.15, 0.2) is 36.5 Å². The van der Waals surface area contributed by atoms with Crippen molar-refractivity contribution in [2.75, 3.05) is 13.2 Å². The molecule has 0 spiro atoms. The summed E-state index contributed by atoms with van der Waals surface area (Å²) in [5, 5.41) is 23.2. The highest BCUT2D eigenvalue weighted by atomic mass is 16.5. The predicted molar refractivity (Wildman–Crippen MR) is 310 cm³/mol. The number of hydrogen-bond acceptors (Lipinski definition) is 5. The fraction of sp³-hybridized carbons (Fsp3) is 0.877. The first-order chi connectivity index (χ1) is 35.0. The highest BCUT2D eigenvalue weighted by Crippen LogP contribution is 2.17. The van der Waals surface area contributed by atoms with Gasteiger partial charge in [-0.25, -0.2) is 0 Å². The number of nitrogens with one attached hydrogen (secondary N) is 1. The summed E-state index contributed by atoms with van der Waals surface area (Å²) in [6.07, 6.45) is 75.9. The van der Waals surface area contributed by atoms with Gasteiger partial charge >= 0.3 is 5.97 Å². The number of unbranched alkanes of at least 4 members (excludes halogenated alkanes) is 42. The lowest BCUT2D eigenvalue weighted by atomic mass is 10.0. The van der Waals surface area contributed by atoms with Crippen LogP contribution in [0.5, 0.6) is 0 Å². The summed E-state index contributed by atoms with van der Waals surface area (Å²) in [4.78, 5) is 24.5. The lowest BCUT2D eigenvalue weighted by Crippen LogP contribution is -2.45. The number of carbonyl (C=O) groups is 2. The van der Waals surface area contributed by atoms with Crippen molar-refractivity contribution in [2.24, 2.45) is 0 Å². The van der Waals surface area contributed by atoms with E-state index in [2.05, 4.69) is 55.6 Å². The van der Waals surface area contributed by atoms with E-state index >= 15 is 0 Å². The number of esters is 1. The monoisotopic (exact) mass is 998 g/mol. The maximum Gasteiger partial charge on any atom is 0.305 e. The van der Waals surface area contributed by atoms with Crippen molar-refractivity contribution < 1.29 is 24.5 Å². The highest BCUT2D eigenvalue weighted by Gasteiger charge is 2.20. The van der Waals surface area contributed by atoms with Gasteiger partial charge in [0.15, 0.2) is 0 Å². The SMILES string of the molecule is CCCCCCCCC/C=C\CCCCCCCC(=O)OCCCCCCCCCCC/C=C\C/C=C\CCCCCCCCCCCC(=O)NC(CO)C(O)CCCCCCCCCCCCCCC. The van der Waals surface area contributed by atoms with Crippen LogP contribution >= 0.6 is 0 Å². The van der Waals surface area contributed by atoms with Gasteiger partial charge in [-0.2, -0.15) is 0 Å². The Morgan fingerprint density at radius 2 is 0.704 bits per heavy atom. The number of aliphatic hydroxyl groups is 2. The molecule has 0 saturated heterocycles. The van der Waals surface area contributed by atoms with Gasteiger partial charge in [-0.3, -0.25) is 9.59 Å². The number of amides is 1. The number of ether oxygens (including phenoxy) is 1. The van der Waals surface area contributed by atoms with E-state index in [1.54, 1.807) is 0 Å². The molecule has 0 heterocycles. The highest BCUT2D eigenvalue weighted by molar-refractivity contribution is 5.76. The summed E-state index contributed by atoms with van der Waals surface area (Å²) in [6.45, 7) is 4.95. The van der Waals surface area contributed by atoms with Crippen LogP contribution in [0.25, 0.3) is 0 Å². The summed E-state index contributed by atoms with van der Waals surface area (Å²) < 4.78 is 5.48. The normalized spacial score (nSPS) is 12.8. The molecule has 71 heavy (non-hydrogen) atoms. The standard InChI is InChI=1S/C65H123NO5/c1-3-5-7-9-11-13-15-17-18-31-35-39-43-47-51-55-59-65(70)71-60-56-52-48-44-40-36-32-29-27-25-23-21-19-20-22-24-26-28-30-34-38-42-46-50-54-58-64(69)66-62(61-67)63(68)57-53-49-45-41-37-33-16-14-12-10-8-6-4-2/h18,20-23,31,62-63,67-68H,3-17,19,24-30,32-61H2,1-2H3,(H,66,69)/b22-20-,23-21-,31-18-. The Labute approximate surface area is 443 Å². The molecular formula is C65H123NO5. The second-order valence-electron chi connectivity index (χ2n) is 21.7. The van der Waals surface area contributed by atoms with Crippen LogP contribution in [0.1, 0.15) is 341 Å². The van der Waals surface area contributed by atoms with Gasteiger partial charge in [0.05, 0.1) is 25.4 Å². The van der Waals surface area contributed by atoms with E-state index in [-0.39, 0.29) is 18.5 Å². The Balaban J connectivity index is 3.42. The second-order valence-corrected chi connectivity index (χ2v) is 21.7. The first kappa shape index (κ1) is 69.1.